The van der Waals surface area contributed by atoms with Gasteiger partial charge in [-0.1, -0.05) is 24.3 Å². The number of nitrogens with zero attached hydrogens (tertiary/aromatic N) is 5. The van der Waals surface area contributed by atoms with Gasteiger partial charge in [0.1, 0.15) is 11.6 Å². The number of carboxylic acids is 1. The normalized spacial score (nSPS) is 11.0. The highest BCUT2D eigenvalue weighted by Crippen LogP contribution is 2.28. The predicted octanol–water partition coefficient (Wildman–Crippen LogP) is 2.68. The number of ether oxygens (including phenoxy) is 1. The van der Waals surface area contributed by atoms with Gasteiger partial charge in [0, 0.05) is 11.8 Å². The van der Waals surface area contributed by atoms with Crippen molar-refractivity contribution in [3.05, 3.63) is 59.7 Å². The maximum Gasteiger partial charge on any atom is 0.320 e. The fourth-order valence-electron chi connectivity index (χ4n) is 3.22. The second-order valence-electron chi connectivity index (χ2n) is 6.80. The van der Waals surface area contributed by atoms with Crippen molar-refractivity contribution in [3.63, 3.8) is 0 Å². The van der Waals surface area contributed by atoms with Gasteiger partial charge in [-0.2, -0.15) is 9.97 Å². The van der Waals surface area contributed by atoms with E-state index in [0.717, 1.165) is 11.8 Å². The van der Waals surface area contributed by atoms with Crippen LogP contribution >= 0.6 is 0 Å². The van der Waals surface area contributed by atoms with Crippen molar-refractivity contribution in [3.8, 4) is 17.4 Å². The summed E-state index contributed by atoms with van der Waals surface area (Å²) >= 11 is 0. The molecule has 158 valence electrons. The average Bonchev–Trinajstić information content (AvgIpc) is 3.08. The van der Waals surface area contributed by atoms with Crippen molar-refractivity contribution in [2.24, 2.45) is 0 Å². The molecule has 0 amide bonds. The molecule has 3 heterocycles. The highest BCUT2D eigenvalue weighted by molar-refractivity contribution is 5.86. The Bertz CT molecular complexity index is 1260. The quantitative estimate of drug-likeness (QED) is 0.465. The number of benzene rings is 1. The Labute approximate surface area is 176 Å². The topological polar surface area (TPSA) is 129 Å². The number of aliphatic carboxylic acids is 1. The number of imidazole rings is 1. The largest absolute Gasteiger partial charge is 0.481 e. The van der Waals surface area contributed by atoms with Gasteiger partial charge in [0.2, 0.25) is 0 Å². The van der Waals surface area contributed by atoms with E-state index < -0.39 is 11.8 Å². The van der Waals surface area contributed by atoms with E-state index in [-0.39, 0.29) is 18.2 Å². The summed E-state index contributed by atoms with van der Waals surface area (Å²) < 4.78 is 21.0. The first-order valence-corrected chi connectivity index (χ1v) is 9.51. The molecule has 0 atom stereocenters. The molecule has 1 aromatic carbocycles. The molecular formula is C21H19FN6O3. The highest BCUT2D eigenvalue weighted by atomic mass is 19.1. The number of nitrogens with two attached hydrogens (primary N) is 1. The Balaban J connectivity index is 1.84. The van der Waals surface area contributed by atoms with Crippen LogP contribution in [0.1, 0.15) is 18.1 Å². The van der Waals surface area contributed by atoms with Gasteiger partial charge in [-0.25, -0.2) is 9.37 Å². The van der Waals surface area contributed by atoms with Crippen molar-refractivity contribution >= 4 is 23.0 Å². The van der Waals surface area contributed by atoms with Crippen LogP contribution in [0, 0.1) is 5.82 Å². The van der Waals surface area contributed by atoms with Gasteiger partial charge in [0.05, 0.1) is 25.8 Å². The SMILES string of the molecule is CCOc1nc(N)c2nc(-c3cncc(F)c3)n(Cc3ccc(CC(=O)O)cc3)c2n1. The number of nitrogen functional groups attached to an aromatic ring is 1. The van der Waals surface area contributed by atoms with Crippen LogP contribution in [0.3, 0.4) is 0 Å². The Hall–Kier alpha value is -4.08. The van der Waals surface area contributed by atoms with Crippen molar-refractivity contribution in [1.29, 1.82) is 0 Å². The summed E-state index contributed by atoms with van der Waals surface area (Å²) in [5.41, 5.74) is 8.90. The summed E-state index contributed by atoms with van der Waals surface area (Å²) in [6.07, 6.45) is 2.55. The molecule has 0 radical (unpaired) electrons. The van der Waals surface area contributed by atoms with Crippen LogP contribution in [-0.2, 0) is 17.8 Å². The number of hydrogen-bond acceptors (Lipinski definition) is 7. The highest BCUT2D eigenvalue weighted by Gasteiger charge is 2.19. The molecule has 3 aromatic heterocycles. The Morgan fingerprint density at radius 2 is 1.90 bits per heavy atom. The molecule has 0 aliphatic rings. The molecule has 0 bridgehead atoms. The third kappa shape index (κ3) is 4.27. The van der Waals surface area contributed by atoms with E-state index in [2.05, 4.69) is 19.9 Å². The molecule has 0 aliphatic heterocycles. The number of fused-ring (bicyclic) bond motifs is 1. The molecule has 4 rings (SSSR count). The van der Waals surface area contributed by atoms with Gasteiger partial charge < -0.3 is 20.1 Å². The smallest absolute Gasteiger partial charge is 0.320 e. The monoisotopic (exact) mass is 422 g/mol. The minimum atomic E-state index is -0.898. The van der Waals surface area contributed by atoms with E-state index >= 15 is 0 Å². The molecule has 0 saturated heterocycles. The van der Waals surface area contributed by atoms with Crippen molar-refractivity contribution in [2.75, 3.05) is 12.3 Å². The van der Waals surface area contributed by atoms with E-state index in [1.807, 2.05) is 19.1 Å². The summed E-state index contributed by atoms with van der Waals surface area (Å²) in [7, 11) is 0. The first kappa shape index (κ1) is 20.2. The van der Waals surface area contributed by atoms with Crippen molar-refractivity contribution in [1.82, 2.24) is 24.5 Å². The lowest BCUT2D eigenvalue weighted by Crippen LogP contribution is -2.06. The number of hydrogen-bond donors (Lipinski definition) is 2. The lowest BCUT2D eigenvalue weighted by Gasteiger charge is -2.10. The zero-order chi connectivity index (χ0) is 22.0. The Morgan fingerprint density at radius 3 is 2.58 bits per heavy atom. The second kappa shape index (κ2) is 8.34. The van der Waals surface area contributed by atoms with E-state index in [4.69, 9.17) is 15.6 Å². The van der Waals surface area contributed by atoms with Crippen LogP contribution in [0.4, 0.5) is 10.2 Å². The van der Waals surface area contributed by atoms with Gasteiger partial charge in [-0.15, -0.1) is 0 Å². The lowest BCUT2D eigenvalue weighted by molar-refractivity contribution is -0.136. The molecule has 10 heteroatoms. The molecule has 9 nitrogen and oxygen atoms in total. The lowest BCUT2D eigenvalue weighted by atomic mass is 10.1. The number of anilines is 1. The molecule has 0 fully saturated rings. The molecule has 0 aliphatic carbocycles. The molecule has 0 spiro atoms. The van der Waals surface area contributed by atoms with Crippen molar-refractivity contribution in [2.45, 2.75) is 19.9 Å². The minimum Gasteiger partial charge on any atom is -0.481 e. The zero-order valence-electron chi connectivity index (χ0n) is 16.6. The van der Waals surface area contributed by atoms with E-state index in [1.54, 1.807) is 16.7 Å². The van der Waals surface area contributed by atoms with Gasteiger partial charge in [-0.05, 0) is 24.1 Å². The molecule has 4 aromatic rings. The summed E-state index contributed by atoms with van der Waals surface area (Å²) in [5, 5.41) is 8.96. The molecule has 31 heavy (non-hydrogen) atoms. The van der Waals surface area contributed by atoms with Crippen LogP contribution in [0.15, 0.2) is 42.7 Å². The van der Waals surface area contributed by atoms with Crippen LogP contribution in [0.25, 0.3) is 22.6 Å². The van der Waals surface area contributed by atoms with Crippen LogP contribution < -0.4 is 10.5 Å². The number of rotatable bonds is 7. The van der Waals surface area contributed by atoms with Crippen LogP contribution in [-0.4, -0.2) is 42.2 Å². The third-order valence-corrected chi connectivity index (χ3v) is 4.56. The van der Waals surface area contributed by atoms with Gasteiger partial charge in [0.15, 0.2) is 17.0 Å². The Morgan fingerprint density at radius 1 is 1.16 bits per heavy atom. The second-order valence-corrected chi connectivity index (χ2v) is 6.80. The van der Waals surface area contributed by atoms with E-state index in [9.17, 15) is 9.18 Å². The number of halogens is 1. The molecule has 3 N–H and O–H groups in total. The average molecular weight is 422 g/mol. The maximum atomic E-state index is 13.8. The fraction of sp³-hybridized carbons (Fsp3) is 0.190. The number of carbonyl (C=O) groups is 1. The van der Waals surface area contributed by atoms with Crippen LogP contribution in [0.2, 0.25) is 0 Å². The third-order valence-electron chi connectivity index (χ3n) is 4.56. The number of pyridine rings is 1. The van der Waals surface area contributed by atoms with Gasteiger partial charge in [-0.3, -0.25) is 9.78 Å². The van der Waals surface area contributed by atoms with E-state index in [1.165, 1.54) is 12.3 Å². The number of aromatic nitrogens is 5. The minimum absolute atomic E-state index is 0.0596. The zero-order valence-corrected chi connectivity index (χ0v) is 16.6. The first-order valence-electron chi connectivity index (χ1n) is 9.51. The summed E-state index contributed by atoms with van der Waals surface area (Å²) in [6.45, 7) is 2.51. The van der Waals surface area contributed by atoms with Crippen LogP contribution in [0.5, 0.6) is 6.01 Å². The molecular weight excluding hydrogens is 403 g/mol. The fourth-order valence-corrected chi connectivity index (χ4v) is 3.22. The summed E-state index contributed by atoms with van der Waals surface area (Å²) in [4.78, 5) is 27.9. The molecule has 0 unspecified atom stereocenters. The standard InChI is InChI=1S/C21H19FN6O3/c1-2-31-21-26-18(23)17-20(27-21)28(19(25-17)14-8-15(22)10-24-9-14)11-13-5-3-12(4-6-13)7-16(29)30/h3-6,8-10H,2,7,11H2,1H3,(H,29,30)(H2,23,26,27). The maximum absolute atomic E-state index is 13.8. The van der Waals surface area contributed by atoms with Crippen molar-refractivity contribution < 1.29 is 19.0 Å². The molecule has 0 saturated carbocycles. The predicted molar refractivity (Wildman–Crippen MR) is 111 cm³/mol. The Kier molecular flexibility index (Phi) is 5.44. The summed E-state index contributed by atoms with van der Waals surface area (Å²) in [5.74, 6) is -0.825. The first-order chi connectivity index (χ1) is 14.9. The van der Waals surface area contributed by atoms with Gasteiger partial charge in [0.25, 0.3) is 0 Å². The van der Waals surface area contributed by atoms with Gasteiger partial charge >= 0.3 is 12.0 Å². The number of carboxylic acid groups (broad SMARTS) is 1. The summed E-state index contributed by atoms with van der Waals surface area (Å²) in [6, 6.07) is 8.60. The van der Waals surface area contributed by atoms with E-state index in [0.29, 0.717) is 41.3 Å².